The maximum atomic E-state index is 9.46. The molecule has 0 radical (unpaired) electrons. The zero-order valence-electron chi connectivity index (χ0n) is 9.91. The molecule has 1 aliphatic carbocycles. The third-order valence-corrected chi connectivity index (χ3v) is 4.32. The fourth-order valence-electron chi connectivity index (χ4n) is 2.60. The molecule has 2 rings (SSSR count). The summed E-state index contributed by atoms with van der Waals surface area (Å²) in [6.45, 7) is 0. The summed E-state index contributed by atoms with van der Waals surface area (Å²) >= 11 is 1.74. The summed E-state index contributed by atoms with van der Waals surface area (Å²) in [5, 5.41) is 9.46. The topological polar surface area (TPSA) is 20.2 Å². The Morgan fingerprint density at radius 3 is 2.69 bits per heavy atom. The first-order chi connectivity index (χ1) is 7.79. The number of phenolic OH excluding ortho intramolecular Hbond substituents is 1. The van der Waals surface area contributed by atoms with Gasteiger partial charge in [0.1, 0.15) is 5.75 Å². The minimum Gasteiger partial charge on any atom is -0.508 e. The van der Waals surface area contributed by atoms with Gasteiger partial charge >= 0.3 is 0 Å². The molecule has 88 valence electrons. The Balaban J connectivity index is 2.07. The van der Waals surface area contributed by atoms with Crippen LogP contribution < -0.4 is 0 Å². The first-order valence-corrected chi connectivity index (χ1v) is 7.38. The second-order valence-electron chi connectivity index (χ2n) is 4.70. The largest absolute Gasteiger partial charge is 0.508 e. The van der Waals surface area contributed by atoms with E-state index < -0.39 is 0 Å². The van der Waals surface area contributed by atoms with E-state index in [0.29, 0.717) is 5.75 Å². The highest BCUT2D eigenvalue weighted by molar-refractivity contribution is 7.98. The highest BCUT2D eigenvalue weighted by Gasteiger charge is 2.15. The molecular weight excluding hydrogens is 216 g/mol. The molecule has 0 amide bonds. The second kappa shape index (κ2) is 5.62. The molecule has 1 aromatic rings. The molecule has 0 aromatic heterocycles. The Morgan fingerprint density at radius 1 is 1.25 bits per heavy atom. The van der Waals surface area contributed by atoms with Crippen molar-refractivity contribution in [1.82, 2.24) is 0 Å². The van der Waals surface area contributed by atoms with Crippen LogP contribution in [0.3, 0.4) is 0 Å². The van der Waals surface area contributed by atoms with Crippen LogP contribution in [0.1, 0.15) is 37.7 Å². The first kappa shape index (κ1) is 11.8. The van der Waals surface area contributed by atoms with Gasteiger partial charge in [-0.05, 0) is 36.3 Å². The average molecular weight is 236 g/mol. The van der Waals surface area contributed by atoms with Gasteiger partial charge in [0.25, 0.3) is 0 Å². The molecule has 1 nitrogen and oxygen atoms in total. The molecule has 0 aliphatic heterocycles. The maximum absolute atomic E-state index is 9.46. The van der Waals surface area contributed by atoms with Gasteiger partial charge in [0.05, 0.1) is 0 Å². The minimum absolute atomic E-state index is 0.386. The van der Waals surface area contributed by atoms with Crippen LogP contribution in [-0.2, 0) is 6.42 Å². The molecule has 0 heterocycles. The van der Waals surface area contributed by atoms with Crippen LogP contribution in [0.25, 0.3) is 0 Å². The third kappa shape index (κ3) is 2.94. The number of thioether (sulfide) groups is 1. The number of phenols is 1. The van der Waals surface area contributed by atoms with Gasteiger partial charge in [-0.2, -0.15) is 0 Å². The monoisotopic (exact) mass is 236 g/mol. The molecule has 1 aliphatic rings. The number of hydrogen-bond donors (Lipinski definition) is 1. The highest BCUT2D eigenvalue weighted by Crippen LogP contribution is 2.31. The Kier molecular flexibility index (Phi) is 4.16. The molecule has 16 heavy (non-hydrogen) atoms. The van der Waals surface area contributed by atoms with E-state index in [4.69, 9.17) is 0 Å². The van der Waals surface area contributed by atoms with Crippen molar-refractivity contribution in [2.75, 3.05) is 6.26 Å². The van der Waals surface area contributed by atoms with Crippen molar-refractivity contribution in [3.63, 3.8) is 0 Å². The van der Waals surface area contributed by atoms with Gasteiger partial charge in [0, 0.05) is 4.90 Å². The van der Waals surface area contributed by atoms with Crippen LogP contribution in [-0.4, -0.2) is 11.4 Å². The Morgan fingerprint density at radius 2 is 2.00 bits per heavy atom. The van der Waals surface area contributed by atoms with E-state index in [0.717, 1.165) is 5.92 Å². The van der Waals surface area contributed by atoms with Gasteiger partial charge in [-0.3, -0.25) is 0 Å². The summed E-state index contributed by atoms with van der Waals surface area (Å²) in [6, 6.07) is 5.80. The lowest BCUT2D eigenvalue weighted by Crippen LogP contribution is -2.09. The summed E-state index contributed by atoms with van der Waals surface area (Å²) in [4.78, 5) is 1.24. The van der Waals surface area contributed by atoms with Crippen molar-refractivity contribution in [1.29, 1.82) is 0 Å². The Labute approximate surface area is 102 Å². The Bertz CT molecular complexity index is 343. The lowest BCUT2D eigenvalue weighted by atomic mass is 9.85. The first-order valence-electron chi connectivity index (χ1n) is 6.15. The van der Waals surface area contributed by atoms with Gasteiger partial charge in [-0.25, -0.2) is 0 Å². The van der Waals surface area contributed by atoms with E-state index >= 15 is 0 Å². The van der Waals surface area contributed by atoms with Crippen LogP contribution in [0, 0.1) is 5.92 Å². The van der Waals surface area contributed by atoms with Crippen LogP contribution >= 0.6 is 11.8 Å². The van der Waals surface area contributed by atoms with E-state index in [1.807, 2.05) is 12.1 Å². The molecule has 0 bridgehead atoms. The maximum Gasteiger partial charge on any atom is 0.116 e. The fourth-order valence-corrected chi connectivity index (χ4v) is 3.26. The number of rotatable bonds is 3. The van der Waals surface area contributed by atoms with Crippen molar-refractivity contribution in [2.24, 2.45) is 5.92 Å². The number of aromatic hydroxyl groups is 1. The quantitative estimate of drug-likeness (QED) is 0.792. The molecule has 0 unspecified atom stereocenters. The van der Waals surface area contributed by atoms with Gasteiger partial charge in [0.2, 0.25) is 0 Å². The smallest absolute Gasteiger partial charge is 0.116 e. The summed E-state index contributed by atoms with van der Waals surface area (Å²) in [6.07, 6.45) is 10.3. The van der Waals surface area contributed by atoms with E-state index in [-0.39, 0.29) is 0 Å². The summed E-state index contributed by atoms with van der Waals surface area (Å²) in [5.74, 6) is 1.25. The van der Waals surface area contributed by atoms with Gasteiger partial charge in [-0.1, -0.05) is 38.2 Å². The van der Waals surface area contributed by atoms with E-state index in [1.54, 1.807) is 11.8 Å². The van der Waals surface area contributed by atoms with E-state index in [2.05, 4.69) is 12.3 Å². The number of hydrogen-bond acceptors (Lipinski definition) is 2. The number of benzene rings is 1. The normalized spacial score (nSPS) is 17.6. The predicted octanol–water partition coefficient (Wildman–Crippen LogP) is 4.24. The Hall–Kier alpha value is -0.630. The standard InChI is InChI=1S/C14H20OS/c1-16-14-10-13(15)8-7-12(14)9-11-5-3-2-4-6-11/h7-8,10-11,15H,2-6,9H2,1H3. The molecule has 0 saturated heterocycles. The molecule has 0 spiro atoms. The van der Waals surface area contributed by atoms with Gasteiger partial charge in [-0.15, -0.1) is 11.8 Å². The lowest BCUT2D eigenvalue weighted by Gasteiger charge is -2.22. The van der Waals surface area contributed by atoms with Crippen molar-refractivity contribution >= 4 is 11.8 Å². The summed E-state index contributed by atoms with van der Waals surface area (Å²) in [7, 11) is 0. The molecule has 2 heteroatoms. The molecule has 1 N–H and O–H groups in total. The minimum atomic E-state index is 0.386. The van der Waals surface area contributed by atoms with Crippen molar-refractivity contribution in [2.45, 2.75) is 43.4 Å². The summed E-state index contributed by atoms with van der Waals surface area (Å²) in [5.41, 5.74) is 1.41. The molecule has 1 fully saturated rings. The van der Waals surface area contributed by atoms with Gasteiger partial charge in [0.15, 0.2) is 0 Å². The fraction of sp³-hybridized carbons (Fsp3) is 0.571. The van der Waals surface area contributed by atoms with Crippen molar-refractivity contribution in [3.05, 3.63) is 23.8 Å². The van der Waals surface area contributed by atoms with Crippen LogP contribution in [0.5, 0.6) is 5.75 Å². The predicted molar refractivity (Wildman–Crippen MR) is 70.2 cm³/mol. The van der Waals surface area contributed by atoms with Crippen LogP contribution in [0.2, 0.25) is 0 Å². The highest BCUT2D eigenvalue weighted by atomic mass is 32.2. The lowest BCUT2D eigenvalue weighted by molar-refractivity contribution is 0.355. The van der Waals surface area contributed by atoms with Crippen molar-refractivity contribution in [3.8, 4) is 5.75 Å². The average Bonchev–Trinajstić information content (AvgIpc) is 2.33. The second-order valence-corrected chi connectivity index (χ2v) is 5.55. The molecule has 1 saturated carbocycles. The van der Waals surface area contributed by atoms with Gasteiger partial charge < -0.3 is 5.11 Å². The van der Waals surface area contributed by atoms with Crippen LogP contribution in [0.4, 0.5) is 0 Å². The zero-order valence-corrected chi connectivity index (χ0v) is 10.7. The third-order valence-electron chi connectivity index (χ3n) is 3.50. The van der Waals surface area contributed by atoms with E-state index in [1.165, 1.54) is 49.0 Å². The van der Waals surface area contributed by atoms with Crippen LogP contribution in [0.15, 0.2) is 23.1 Å². The SMILES string of the molecule is CSc1cc(O)ccc1CC1CCCCC1. The summed E-state index contributed by atoms with van der Waals surface area (Å²) < 4.78 is 0. The zero-order chi connectivity index (χ0) is 11.4. The van der Waals surface area contributed by atoms with E-state index in [9.17, 15) is 5.11 Å². The van der Waals surface area contributed by atoms with Crippen molar-refractivity contribution < 1.29 is 5.11 Å². The molecule has 0 atom stereocenters. The molecular formula is C14H20OS. The molecule has 1 aromatic carbocycles.